The number of halogens is 4. The lowest BCUT2D eigenvalue weighted by Crippen LogP contribution is -2.08. The molecule has 1 rings (SSSR count). The molecule has 1 aromatic carbocycles. The zero-order chi connectivity index (χ0) is 10.8. The van der Waals surface area contributed by atoms with E-state index in [1.54, 1.807) is 12.3 Å². The Morgan fingerprint density at radius 1 is 1.36 bits per heavy atom. The van der Waals surface area contributed by atoms with Crippen LogP contribution in [0.25, 0.3) is 0 Å². The van der Waals surface area contributed by atoms with Crippen molar-refractivity contribution >= 4 is 27.7 Å². The second-order valence-electron chi connectivity index (χ2n) is 2.65. The van der Waals surface area contributed by atoms with Crippen LogP contribution in [-0.4, -0.2) is 6.26 Å². The Bertz CT molecular complexity index is 322. The van der Waals surface area contributed by atoms with Crippen molar-refractivity contribution in [2.45, 2.75) is 16.4 Å². The molecule has 0 saturated carbocycles. The molecule has 0 bridgehead atoms. The third-order valence-corrected chi connectivity index (χ3v) is 3.10. The fraction of sp³-hybridized carbons (Fsp3) is 0.333. The minimum Gasteiger partial charge on any atom is -0.166 e. The Hall–Kier alpha value is -0.160. The molecule has 5 heteroatoms. The number of alkyl halides is 4. The minimum atomic E-state index is -4.27. The quantitative estimate of drug-likeness (QED) is 0.576. The van der Waals surface area contributed by atoms with Gasteiger partial charge in [0.2, 0.25) is 0 Å². The van der Waals surface area contributed by atoms with Crippen molar-refractivity contribution in [2.75, 3.05) is 6.26 Å². The van der Waals surface area contributed by atoms with Gasteiger partial charge in [0.25, 0.3) is 0 Å². The summed E-state index contributed by atoms with van der Waals surface area (Å²) in [5.74, 6) is 0. The van der Waals surface area contributed by atoms with Crippen LogP contribution in [0, 0.1) is 0 Å². The summed E-state index contributed by atoms with van der Waals surface area (Å²) < 4.78 is 37.6. The van der Waals surface area contributed by atoms with Crippen LogP contribution in [0.15, 0.2) is 23.1 Å². The van der Waals surface area contributed by atoms with Crippen LogP contribution >= 0.6 is 27.7 Å². The minimum absolute atomic E-state index is 0.219. The molecule has 0 atom stereocenters. The van der Waals surface area contributed by atoms with Crippen LogP contribution in [0.1, 0.15) is 11.1 Å². The highest BCUT2D eigenvalue weighted by Gasteiger charge is 2.33. The van der Waals surface area contributed by atoms with Crippen molar-refractivity contribution in [1.29, 1.82) is 0 Å². The van der Waals surface area contributed by atoms with Gasteiger partial charge in [0.15, 0.2) is 0 Å². The highest BCUT2D eigenvalue weighted by atomic mass is 79.9. The molecule has 0 heterocycles. The van der Waals surface area contributed by atoms with Gasteiger partial charge < -0.3 is 0 Å². The molecule has 0 spiro atoms. The highest BCUT2D eigenvalue weighted by Crippen LogP contribution is 2.35. The van der Waals surface area contributed by atoms with E-state index in [-0.39, 0.29) is 10.9 Å². The van der Waals surface area contributed by atoms with Gasteiger partial charge in [-0.1, -0.05) is 22.0 Å². The van der Waals surface area contributed by atoms with E-state index in [2.05, 4.69) is 15.9 Å². The third-order valence-electron chi connectivity index (χ3n) is 1.77. The van der Waals surface area contributed by atoms with E-state index in [1.807, 2.05) is 0 Å². The smallest absolute Gasteiger partial charge is 0.166 e. The fourth-order valence-electron chi connectivity index (χ4n) is 1.06. The largest absolute Gasteiger partial charge is 0.416 e. The average Bonchev–Trinajstić information content (AvgIpc) is 2.15. The van der Waals surface area contributed by atoms with Gasteiger partial charge in [-0.3, -0.25) is 0 Å². The molecule has 0 aromatic heterocycles. The number of rotatable bonds is 2. The van der Waals surface area contributed by atoms with Gasteiger partial charge in [-0.15, -0.1) is 11.8 Å². The van der Waals surface area contributed by atoms with Gasteiger partial charge >= 0.3 is 6.18 Å². The number of thioether (sulfide) groups is 1. The van der Waals surface area contributed by atoms with Crippen LogP contribution in [0.4, 0.5) is 13.2 Å². The molecule has 1 aromatic rings. The lowest BCUT2D eigenvalue weighted by atomic mass is 10.1. The van der Waals surface area contributed by atoms with Crippen LogP contribution in [0.2, 0.25) is 0 Å². The second-order valence-corrected chi connectivity index (χ2v) is 4.09. The monoisotopic (exact) mass is 284 g/mol. The molecule has 0 unspecified atom stereocenters. The average molecular weight is 285 g/mol. The molecule has 0 saturated heterocycles. The van der Waals surface area contributed by atoms with Crippen LogP contribution in [0.5, 0.6) is 0 Å². The predicted octanol–water partition coefficient (Wildman–Crippen LogP) is 4.32. The van der Waals surface area contributed by atoms with Crippen molar-refractivity contribution in [2.24, 2.45) is 0 Å². The summed E-state index contributed by atoms with van der Waals surface area (Å²) in [7, 11) is 0. The van der Waals surface area contributed by atoms with Crippen molar-refractivity contribution < 1.29 is 13.2 Å². The Balaban J connectivity index is 3.22. The molecule has 78 valence electrons. The Labute approximate surface area is 93.0 Å². The van der Waals surface area contributed by atoms with Crippen molar-refractivity contribution in [3.05, 3.63) is 29.3 Å². The van der Waals surface area contributed by atoms with Crippen LogP contribution in [-0.2, 0) is 11.5 Å². The summed E-state index contributed by atoms with van der Waals surface area (Å²) in [6, 6.07) is 4.38. The molecule has 0 fully saturated rings. The van der Waals surface area contributed by atoms with Crippen LogP contribution < -0.4 is 0 Å². The van der Waals surface area contributed by atoms with E-state index in [4.69, 9.17) is 0 Å². The van der Waals surface area contributed by atoms with Crippen molar-refractivity contribution in [1.82, 2.24) is 0 Å². The first-order chi connectivity index (χ1) is 6.49. The van der Waals surface area contributed by atoms with E-state index < -0.39 is 11.7 Å². The Kier molecular flexibility index (Phi) is 3.89. The lowest BCUT2D eigenvalue weighted by Gasteiger charge is -2.12. The zero-order valence-electron chi connectivity index (χ0n) is 7.36. The molecule has 0 amide bonds. The normalized spacial score (nSPS) is 11.8. The van der Waals surface area contributed by atoms with E-state index >= 15 is 0 Å². The van der Waals surface area contributed by atoms with Gasteiger partial charge in [0, 0.05) is 10.2 Å². The second kappa shape index (κ2) is 4.57. The number of hydrogen-bond donors (Lipinski definition) is 0. The molecular formula is C9H8BrF3S. The number of hydrogen-bond acceptors (Lipinski definition) is 1. The predicted molar refractivity (Wildman–Crippen MR) is 55.9 cm³/mol. The first kappa shape index (κ1) is 11.9. The van der Waals surface area contributed by atoms with Crippen molar-refractivity contribution in [3.63, 3.8) is 0 Å². The molecule has 0 aliphatic carbocycles. The third kappa shape index (κ3) is 2.67. The first-order valence-corrected chi connectivity index (χ1v) is 6.13. The molecule has 0 aliphatic heterocycles. The highest BCUT2D eigenvalue weighted by molar-refractivity contribution is 9.08. The van der Waals surface area contributed by atoms with Crippen molar-refractivity contribution in [3.8, 4) is 0 Å². The van der Waals surface area contributed by atoms with Gasteiger partial charge in [0.05, 0.1) is 5.56 Å². The molecule has 0 nitrogen and oxygen atoms in total. The standard InChI is InChI=1S/C9H8BrF3S/c1-14-7-3-2-6(5-10)8(4-7)9(11,12)13/h2-4H,5H2,1H3. The topological polar surface area (TPSA) is 0 Å². The molecule has 0 N–H and O–H groups in total. The van der Waals surface area contributed by atoms with Gasteiger partial charge in [0.1, 0.15) is 0 Å². The molecular weight excluding hydrogens is 277 g/mol. The molecule has 0 aliphatic rings. The summed E-state index contributed by atoms with van der Waals surface area (Å²) in [4.78, 5) is 0.627. The summed E-state index contributed by atoms with van der Waals surface area (Å²) in [6.07, 6.45) is -2.52. The Morgan fingerprint density at radius 3 is 2.43 bits per heavy atom. The van der Waals surface area contributed by atoms with E-state index in [9.17, 15) is 13.2 Å². The summed E-state index contributed by atoms with van der Waals surface area (Å²) >= 11 is 4.34. The maximum atomic E-state index is 12.5. The lowest BCUT2D eigenvalue weighted by molar-refractivity contribution is -0.138. The molecule has 0 radical (unpaired) electrons. The van der Waals surface area contributed by atoms with Gasteiger partial charge in [-0.25, -0.2) is 0 Å². The zero-order valence-corrected chi connectivity index (χ0v) is 9.76. The van der Waals surface area contributed by atoms with E-state index in [0.717, 1.165) is 0 Å². The first-order valence-electron chi connectivity index (χ1n) is 3.79. The van der Waals surface area contributed by atoms with E-state index in [1.165, 1.54) is 23.9 Å². The molecule has 14 heavy (non-hydrogen) atoms. The SMILES string of the molecule is CSc1ccc(CBr)c(C(F)(F)F)c1. The van der Waals surface area contributed by atoms with Crippen LogP contribution in [0.3, 0.4) is 0 Å². The Morgan fingerprint density at radius 2 is 2.00 bits per heavy atom. The van der Waals surface area contributed by atoms with Gasteiger partial charge in [-0.2, -0.15) is 13.2 Å². The van der Waals surface area contributed by atoms with E-state index in [0.29, 0.717) is 4.90 Å². The van der Waals surface area contributed by atoms with Gasteiger partial charge in [-0.05, 0) is 24.0 Å². The summed E-state index contributed by atoms with van der Waals surface area (Å²) in [5.41, 5.74) is -0.281. The maximum Gasteiger partial charge on any atom is 0.416 e. The fourth-order valence-corrected chi connectivity index (χ4v) is 1.99. The maximum absolute atomic E-state index is 12.5. The number of benzene rings is 1. The summed E-state index contributed by atoms with van der Waals surface area (Å²) in [5, 5.41) is 0.219. The summed E-state index contributed by atoms with van der Waals surface area (Å²) in [6.45, 7) is 0.